The second-order valence-electron chi connectivity index (χ2n) is 14.7. The Labute approximate surface area is 333 Å². The lowest BCUT2D eigenvalue weighted by Crippen LogP contribution is -2.13. The largest absolute Gasteiger partial charge is 0.305 e. The summed E-state index contributed by atoms with van der Waals surface area (Å²) in [5, 5.41) is 11.3. The molecule has 0 aliphatic rings. The Morgan fingerprint density at radius 2 is 0.534 bits per heavy atom. The summed E-state index contributed by atoms with van der Waals surface area (Å²) in [6, 6.07) is 60.2. The first kappa shape index (κ1) is 32.3. The Morgan fingerprint density at radius 3 is 0.862 bits per heavy atom. The fraction of sp³-hybridized carbons (Fsp3) is 0. The van der Waals surface area contributed by atoms with Crippen LogP contribution < -0.4 is 9.80 Å². The van der Waals surface area contributed by atoms with E-state index in [0.29, 0.717) is 0 Å². The Bertz CT molecular complexity index is 3150. The highest BCUT2D eigenvalue weighted by Gasteiger charge is 2.25. The molecule has 0 bridgehead atoms. The number of para-hydroxylation sites is 4. The van der Waals surface area contributed by atoms with Crippen molar-refractivity contribution in [2.24, 2.45) is 0 Å². The van der Waals surface area contributed by atoms with Crippen LogP contribution in [0.1, 0.15) is 0 Å². The van der Waals surface area contributed by atoms with Gasteiger partial charge in [0.05, 0.1) is 56.2 Å². The lowest BCUT2D eigenvalue weighted by atomic mass is 9.91. The maximum Gasteiger partial charge on any atom is 0.0942 e. The summed E-state index contributed by atoms with van der Waals surface area (Å²) in [5.41, 5.74) is 9.77. The van der Waals surface area contributed by atoms with E-state index < -0.39 is 0 Å². The third-order valence-corrected chi connectivity index (χ3v) is 11.5. The SMILES string of the molecule is c1cnc2c(N(c3ccc4ccc5c(N(c6cccc7cccnc67)c6cccc7cccnc67)ccc6ccc3c4c65)c3cccc4cccnc34)cccc2c1. The van der Waals surface area contributed by atoms with Crippen molar-refractivity contribution in [3.05, 3.63) is 195 Å². The van der Waals surface area contributed by atoms with Gasteiger partial charge in [0.25, 0.3) is 0 Å². The molecule has 58 heavy (non-hydrogen) atoms. The summed E-state index contributed by atoms with van der Waals surface area (Å²) in [7, 11) is 0. The molecule has 4 aromatic heterocycles. The molecule has 6 heteroatoms. The van der Waals surface area contributed by atoms with Crippen molar-refractivity contribution in [3.63, 3.8) is 0 Å². The minimum atomic E-state index is 0.925. The summed E-state index contributed by atoms with van der Waals surface area (Å²) >= 11 is 0. The van der Waals surface area contributed by atoms with E-state index in [1.807, 2.05) is 49.1 Å². The normalized spacial score (nSPS) is 11.8. The lowest BCUT2D eigenvalue weighted by Gasteiger charge is -2.30. The molecule has 0 unspecified atom stereocenters. The van der Waals surface area contributed by atoms with Crippen LogP contribution in [0, 0.1) is 0 Å². The van der Waals surface area contributed by atoms with Gasteiger partial charge in [-0.05, 0) is 82.2 Å². The number of rotatable bonds is 6. The molecule has 0 spiro atoms. The summed E-state index contributed by atoms with van der Waals surface area (Å²) in [6.45, 7) is 0. The Kier molecular flexibility index (Phi) is 7.13. The maximum absolute atomic E-state index is 4.95. The summed E-state index contributed by atoms with van der Waals surface area (Å²) in [4.78, 5) is 24.5. The number of hydrogen-bond acceptors (Lipinski definition) is 6. The average molecular weight is 741 g/mol. The molecule has 0 amide bonds. The van der Waals surface area contributed by atoms with Gasteiger partial charge < -0.3 is 9.80 Å². The van der Waals surface area contributed by atoms with Crippen molar-refractivity contribution >= 4 is 110 Å². The van der Waals surface area contributed by atoms with Crippen molar-refractivity contribution in [3.8, 4) is 0 Å². The van der Waals surface area contributed by atoms with E-state index in [-0.39, 0.29) is 0 Å². The third-order valence-electron chi connectivity index (χ3n) is 11.5. The zero-order valence-electron chi connectivity index (χ0n) is 31.2. The fourth-order valence-electron chi connectivity index (χ4n) is 9.01. The zero-order chi connectivity index (χ0) is 38.2. The molecule has 0 aliphatic carbocycles. The molecule has 8 aromatic carbocycles. The van der Waals surface area contributed by atoms with Gasteiger partial charge in [-0.1, -0.05) is 109 Å². The smallest absolute Gasteiger partial charge is 0.0942 e. The second kappa shape index (κ2) is 12.8. The van der Waals surface area contributed by atoms with Crippen molar-refractivity contribution in [1.29, 1.82) is 0 Å². The molecule has 0 saturated heterocycles. The van der Waals surface area contributed by atoms with E-state index in [9.17, 15) is 0 Å². The predicted molar refractivity (Wildman–Crippen MR) is 241 cm³/mol. The highest BCUT2D eigenvalue weighted by atomic mass is 15.2. The summed E-state index contributed by atoms with van der Waals surface area (Å²) in [5.74, 6) is 0. The van der Waals surface area contributed by atoms with E-state index in [2.05, 4.69) is 155 Å². The van der Waals surface area contributed by atoms with Crippen LogP contribution in [0.25, 0.3) is 75.9 Å². The molecule has 0 N–H and O–H groups in total. The average Bonchev–Trinajstić information content (AvgIpc) is 3.29. The number of anilines is 6. The van der Waals surface area contributed by atoms with E-state index >= 15 is 0 Å². The molecule has 270 valence electrons. The van der Waals surface area contributed by atoms with Gasteiger partial charge in [0.1, 0.15) is 0 Å². The van der Waals surface area contributed by atoms with Gasteiger partial charge >= 0.3 is 0 Å². The highest BCUT2D eigenvalue weighted by molar-refractivity contribution is 6.29. The number of nitrogens with zero attached hydrogens (tertiary/aromatic N) is 6. The van der Waals surface area contributed by atoms with Gasteiger partial charge in [-0.25, -0.2) is 0 Å². The molecule has 12 rings (SSSR count). The number of pyridine rings is 4. The topological polar surface area (TPSA) is 58.0 Å². The van der Waals surface area contributed by atoms with Gasteiger partial charge in [-0.15, -0.1) is 0 Å². The third kappa shape index (κ3) is 4.85. The monoisotopic (exact) mass is 740 g/mol. The lowest BCUT2D eigenvalue weighted by molar-refractivity contribution is 1.28. The van der Waals surface area contributed by atoms with Crippen LogP contribution in [0.5, 0.6) is 0 Å². The molecule has 0 saturated carbocycles. The number of hydrogen-bond donors (Lipinski definition) is 0. The van der Waals surface area contributed by atoms with E-state index in [0.717, 1.165) is 88.5 Å². The first-order chi connectivity index (χ1) is 28.8. The van der Waals surface area contributed by atoms with Gasteiger partial charge in [-0.2, -0.15) is 0 Å². The van der Waals surface area contributed by atoms with E-state index in [4.69, 9.17) is 19.9 Å². The molecule has 4 heterocycles. The van der Waals surface area contributed by atoms with Gasteiger partial charge in [0, 0.05) is 57.1 Å². The molecule has 6 nitrogen and oxygen atoms in total. The van der Waals surface area contributed by atoms with Crippen LogP contribution in [-0.2, 0) is 0 Å². The van der Waals surface area contributed by atoms with Crippen molar-refractivity contribution < 1.29 is 0 Å². The van der Waals surface area contributed by atoms with Gasteiger partial charge in [-0.3, -0.25) is 19.9 Å². The Hall–Kier alpha value is -7.96. The maximum atomic E-state index is 4.95. The van der Waals surface area contributed by atoms with Gasteiger partial charge in [0.2, 0.25) is 0 Å². The van der Waals surface area contributed by atoms with Crippen molar-refractivity contribution in [2.45, 2.75) is 0 Å². The quantitative estimate of drug-likeness (QED) is 0.158. The van der Waals surface area contributed by atoms with E-state index in [1.54, 1.807) is 0 Å². The van der Waals surface area contributed by atoms with Crippen LogP contribution in [0.3, 0.4) is 0 Å². The first-order valence-electron chi connectivity index (χ1n) is 19.5. The Balaban J connectivity index is 1.17. The number of benzene rings is 8. The van der Waals surface area contributed by atoms with Gasteiger partial charge in [0.15, 0.2) is 0 Å². The van der Waals surface area contributed by atoms with Crippen LogP contribution in [0.15, 0.2) is 195 Å². The molecule has 0 radical (unpaired) electrons. The van der Waals surface area contributed by atoms with E-state index in [1.165, 1.54) is 21.5 Å². The Morgan fingerprint density at radius 1 is 0.241 bits per heavy atom. The molecular formula is C52H32N6. The standard InChI is InChI=1S/C52H32N6/c1-9-35-13-5-29-53-49(35)43(17-1)57(44-18-2-10-36-14-6-30-54-50(36)44)41-27-23-33-22-26-40-42(28-24-34-21-25-39(41)47(33)48(34)40)58(45-19-3-11-37-15-7-31-55-51(37)45)46-20-4-12-38-16-8-32-56-52(38)46/h1-32H. The molecule has 12 aromatic rings. The predicted octanol–water partition coefficient (Wildman–Crippen LogP) is 13.7. The number of aromatic nitrogens is 4. The highest BCUT2D eigenvalue weighted by Crippen LogP contribution is 2.50. The molecule has 0 aliphatic heterocycles. The first-order valence-corrected chi connectivity index (χ1v) is 19.5. The van der Waals surface area contributed by atoms with Crippen LogP contribution >= 0.6 is 0 Å². The zero-order valence-corrected chi connectivity index (χ0v) is 31.2. The molecule has 0 fully saturated rings. The molecule has 0 atom stereocenters. The van der Waals surface area contributed by atoms with Crippen LogP contribution in [-0.4, -0.2) is 19.9 Å². The minimum absolute atomic E-state index is 0.925. The fourth-order valence-corrected chi connectivity index (χ4v) is 9.01. The van der Waals surface area contributed by atoms with Crippen LogP contribution in [0.2, 0.25) is 0 Å². The van der Waals surface area contributed by atoms with Crippen molar-refractivity contribution in [2.75, 3.05) is 9.80 Å². The summed E-state index contributed by atoms with van der Waals surface area (Å²) in [6.07, 6.45) is 7.50. The molecular weight excluding hydrogens is 709 g/mol. The van der Waals surface area contributed by atoms with Crippen molar-refractivity contribution in [1.82, 2.24) is 19.9 Å². The number of fused-ring (bicyclic) bond motifs is 4. The van der Waals surface area contributed by atoms with Crippen LogP contribution in [0.4, 0.5) is 34.1 Å². The second-order valence-corrected chi connectivity index (χ2v) is 14.7. The minimum Gasteiger partial charge on any atom is -0.305 e. The summed E-state index contributed by atoms with van der Waals surface area (Å²) < 4.78 is 0.